The Kier molecular flexibility index (Phi) is 5.07. The average molecular weight is 389 g/mol. The first-order valence-electron chi connectivity index (χ1n) is 9.03. The van der Waals surface area contributed by atoms with Gasteiger partial charge in [-0.25, -0.2) is 4.98 Å². The molecule has 1 aromatic heterocycles. The standard InChI is InChI=1S/C20H22Cl2N4/c21-14-9-10-15(22)13(11-14)12-26-19-8-4-3-7-18(19)25-20(26)24-17-6-2-1-5-16(17)23/h3-4,7-11,16-17H,1-2,5-6,12,23H2,(H,24,25)/t16-,17+/m0/s1. The number of benzene rings is 2. The molecule has 136 valence electrons. The van der Waals surface area contributed by atoms with Gasteiger partial charge in [0, 0.05) is 22.1 Å². The van der Waals surface area contributed by atoms with Gasteiger partial charge in [0.15, 0.2) is 0 Å². The topological polar surface area (TPSA) is 55.9 Å². The predicted molar refractivity (Wildman–Crippen MR) is 109 cm³/mol. The number of halogens is 2. The van der Waals surface area contributed by atoms with Crippen LogP contribution in [0.5, 0.6) is 0 Å². The van der Waals surface area contributed by atoms with Crippen LogP contribution in [0.2, 0.25) is 10.0 Å². The summed E-state index contributed by atoms with van der Waals surface area (Å²) in [6.45, 7) is 0.601. The van der Waals surface area contributed by atoms with E-state index in [1.807, 2.05) is 30.3 Å². The van der Waals surface area contributed by atoms with Crippen molar-refractivity contribution in [1.29, 1.82) is 0 Å². The molecule has 0 spiro atoms. The number of nitrogens with one attached hydrogen (secondary N) is 1. The molecule has 4 nitrogen and oxygen atoms in total. The molecule has 4 rings (SSSR count). The van der Waals surface area contributed by atoms with E-state index >= 15 is 0 Å². The molecule has 0 radical (unpaired) electrons. The summed E-state index contributed by atoms with van der Waals surface area (Å²) in [5.74, 6) is 0.838. The number of para-hydroxylation sites is 2. The molecule has 3 aromatic rings. The minimum atomic E-state index is 0.159. The van der Waals surface area contributed by atoms with Gasteiger partial charge in [0.25, 0.3) is 0 Å². The third-order valence-corrected chi connectivity index (χ3v) is 5.73. The summed E-state index contributed by atoms with van der Waals surface area (Å²) >= 11 is 12.6. The Labute approximate surface area is 163 Å². The molecule has 0 amide bonds. The molecule has 6 heteroatoms. The molecule has 3 N–H and O–H groups in total. The van der Waals surface area contributed by atoms with Gasteiger partial charge in [-0.05, 0) is 48.7 Å². The SMILES string of the molecule is N[C@H]1CCCC[C@H]1Nc1nc2ccccc2n1Cc1cc(Cl)ccc1Cl. The van der Waals surface area contributed by atoms with Gasteiger partial charge in [0.1, 0.15) is 0 Å². The Bertz CT molecular complexity index is 921. The Morgan fingerprint density at radius 3 is 2.77 bits per heavy atom. The largest absolute Gasteiger partial charge is 0.351 e. The van der Waals surface area contributed by atoms with Crippen LogP contribution >= 0.6 is 23.2 Å². The molecule has 1 heterocycles. The Balaban J connectivity index is 1.73. The zero-order chi connectivity index (χ0) is 18.1. The van der Waals surface area contributed by atoms with Crippen LogP contribution in [-0.2, 0) is 6.54 Å². The summed E-state index contributed by atoms with van der Waals surface area (Å²) in [5, 5.41) is 4.97. The van der Waals surface area contributed by atoms with Crippen LogP contribution in [0.4, 0.5) is 5.95 Å². The van der Waals surface area contributed by atoms with Crippen LogP contribution in [0, 0.1) is 0 Å². The summed E-state index contributed by atoms with van der Waals surface area (Å²) in [6.07, 6.45) is 4.53. The van der Waals surface area contributed by atoms with Gasteiger partial charge < -0.3 is 15.6 Å². The second kappa shape index (κ2) is 7.47. The molecule has 2 atom stereocenters. The van der Waals surface area contributed by atoms with Crippen LogP contribution in [-0.4, -0.2) is 21.6 Å². The molecule has 1 saturated carbocycles. The predicted octanol–water partition coefficient (Wildman–Crippen LogP) is 5.07. The Morgan fingerprint density at radius 2 is 1.92 bits per heavy atom. The van der Waals surface area contributed by atoms with E-state index < -0.39 is 0 Å². The van der Waals surface area contributed by atoms with Crippen LogP contribution in [0.1, 0.15) is 31.2 Å². The van der Waals surface area contributed by atoms with Gasteiger partial charge in [-0.2, -0.15) is 0 Å². The molecular weight excluding hydrogens is 367 g/mol. The van der Waals surface area contributed by atoms with E-state index in [4.69, 9.17) is 33.9 Å². The smallest absolute Gasteiger partial charge is 0.204 e. The summed E-state index contributed by atoms with van der Waals surface area (Å²) < 4.78 is 2.16. The maximum Gasteiger partial charge on any atom is 0.204 e. The maximum atomic E-state index is 6.40. The van der Waals surface area contributed by atoms with Crippen molar-refractivity contribution in [3.05, 3.63) is 58.1 Å². The second-order valence-corrected chi connectivity index (χ2v) is 7.79. The van der Waals surface area contributed by atoms with E-state index in [0.717, 1.165) is 35.4 Å². The lowest BCUT2D eigenvalue weighted by Crippen LogP contribution is -2.43. The van der Waals surface area contributed by atoms with Crippen molar-refractivity contribution in [3.8, 4) is 0 Å². The number of rotatable bonds is 4. The van der Waals surface area contributed by atoms with Gasteiger partial charge in [0.05, 0.1) is 17.6 Å². The Morgan fingerprint density at radius 1 is 1.12 bits per heavy atom. The third kappa shape index (κ3) is 3.54. The van der Waals surface area contributed by atoms with E-state index in [1.54, 1.807) is 6.07 Å². The molecular formula is C20H22Cl2N4. The number of imidazole rings is 1. The van der Waals surface area contributed by atoms with Crippen molar-refractivity contribution in [2.75, 3.05) is 5.32 Å². The van der Waals surface area contributed by atoms with Gasteiger partial charge in [0.2, 0.25) is 5.95 Å². The second-order valence-electron chi connectivity index (χ2n) is 6.95. The van der Waals surface area contributed by atoms with Crippen molar-refractivity contribution in [2.24, 2.45) is 5.73 Å². The normalized spacial score (nSPS) is 20.4. The first-order chi connectivity index (χ1) is 12.6. The molecule has 26 heavy (non-hydrogen) atoms. The number of hydrogen-bond acceptors (Lipinski definition) is 3. The van der Waals surface area contributed by atoms with Crippen LogP contribution in [0.15, 0.2) is 42.5 Å². The minimum absolute atomic E-state index is 0.159. The highest BCUT2D eigenvalue weighted by Gasteiger charge is 2.24. The first kappa shape index (κ1) is 17.7. The van der Waals surface area contributed by atoms with E-state index in [0.29, 0.717) is 16.6 Å². The lowest BCUT2D eigenvalue weighted by Gasteiger charge is -2.30. The first-order valence-corrected chi connectivity index (χ1v) is 9.79. The number of aromatic nitrogens is 2. The summed E-state index contributed by atoms with van der Waals surface area (Å²) in [4.78, 5) is 4.81. The van der Waals surface area contributed by atoms with E-state index in [2.05, 4.69) is 16.0 Å². The molecule has 1 fully saturated rings. The van der Waals surface area contributed by atoms with Crippen molar-refractivity contribution in [3.63, 3.8) is 0 Å². The fourth-order valence-corrected chi connectivity index (χ4v) is 4.06. The van der Waals surface area contributed by atoms with Crippen LogP contribution in [0.25, 0.3) is 11.0 Å². The van der Waals surface area contributed by atoms with Crippen molar-refractivity contribution >= 4 is 40.2 Å². The van der Waals surface area contributed by atoms with Crippen molar-refractivity contribution in [1.82, 2.24) is 9.55 Å². The third-order valence-electron chi connectivity index (χ3n) is 5.12. The van der Waals surface area contributed by atoms with Gasteiger partial charge in [-0.15, -0.1) is 0 Å². The van der Waals surface area contributed by atoms with Crippen LogP contribution in [0.3, 0.4) is 0 Å². The molecule has 0 aliphatic heterocycles. The minimum Gasteiger partial charge on any atom is -0.351 e. The van der Waals surface area contributed by atoms with Crippen molar-refractivity contribution in [2.45, 2.75) is 44.3 Å². The number of hydrogen-bond donors (Lipinski definition) is 2. The van der Waals surface area contributed by atoms with Gasteiger partial charge in [-0.1, -0.05) is 48.2 Å². The molecule has 0 bridgehead atoms. The molecule has 0 unspecified atom stereocenters. The van der Waals surface area contributed by atoms with E-state index in [1.165, 1.54) is 12.8 Å². The maximum absolute atomic E-state index is 6.40. The number of anilines is 1. The van der Waals surface area contributed by atoms with Gasteiger partial charge >= 0.3 is 0 Å². The molecule has 2 aromatic carbocycles. The lowest BCUT2D eigenvalue weighted by molar-refractivity contribution is 0.401. The highest BCUT2D eigenvalue weighted by molar-refractivity contribution is 6.33. The summed E-state index contributed by atoms with van der Waals surface area (Å²) in [5.41, 5.74) is 9.32. The lowest BCUT2D eigenvalue weighted by atomic mass is 9.91. The molecule has 0 saturated heterocycles. The number of nitrogens with zero attached hydrogens (tertiary/aromatic N) is 2. The van der Waals surface area contributed by atoms with E-state index in [-0.39, 0.29) is 12.1 Å². The fraction of sp³-hybridized carbons (Fsp3) is 0.350. The number of fused-ring (bicyclic) bond motifs is 1. The Hall–Kier alpha value is -1.75. The van der Waals surface area contributed by atoms with Gasteiger partial charge in [-0.3, -0.25) is 0 Å². The quantitative estimate of drug-likeness (QED) is 0.655. The summed E-state index contributed by atoms with van der Waals surface area (Å²) in [7, 11) is 0. The number of nitrogens with two attached hydrogens (primary N) is 1. The monoisotopic (exact) mass is 388 g/mol. The fourth-order valence-electron chi connectivity index (χ4n) is 3.69. The highest BCUT2D eigenvalue weighted by Crippen LogP contribution is 2.28. The average Bonchev–Trinajstić information content (AvgIpc) is 2.97. The zero-order valence-corrected chi connectivity index (χ0v) is 16.0. The highest BCUT2D eigenvalue weighted by atomic mass is 35.5. The van der Waals surface area contributed by atoms with E-state index in [9.17, 15) is 0 Å². The zero-order valence-electron chi connectivity index (χ0n) is 14.5. The van der Waals surface area contributed by atoms with Crippen LogP contribution < -0.4 is 11.1 Å². The molecule has 1 aliphatic carbocycles. The van der Waals surface area contributed by atoms with Crippen molar-refractivity contribution < 1.29 is 0 Å². The summed E-state index contributed by atoms with van der Waals surface area (Å²) in [6, 6.07) is 14.1. The molecule has 1 aliphatic rings.